The molecule has 4 atom stereocenters. The number of carbonyl (C=O) groups is 1. The Morgan fingerprint density at radius 3 is 3.00 bits per heavy atom. The summed E-state index contributed by atoms with van der Waals surface area (Å²) in [6, 6.07) is 0.543. The van der Waals surface area contributed by atoms with Crippen LogP contribution in [0.4, 0.5) is 0 Å². The van der Waals surface area contributed by atoms with E-state index in [0.29, 0.717) is 17.3 Å². The molecule has 0 aromatic carbocycles. The molecule has 0 radical (unpaired) electrons. The Bertz CT molecular complexity index is 209. The highest BCUT2D eigenvalue weighted by atomic mass is 32.2. The Morgan fingerprint density at radius 1 is 1.50 bits per heavy atom. The Labute approximate surface area is 76.8 Å². The highest BCUT2D eigenvalue weighted by Gasteiger charge is 2.43. The molecule has 2 saturated heterocycles. The van der Waals surface area contributed by atoms with Gasteiger partial charge in [-0.3, -0.25) is 9.52 Å². The molecule has 2 fully saturated rings. The standard InChI is InChI=1S/C8H14N2OS/c1-4-3-5(2)9-8-6(4)7(11)10-12-8/h4-6,8-9H,3H2,1-2H3,(H,10,11). The molecule has 0 aliphatic carbocycles. The Morgan fingerprint density at radius 2 is 2.25 bits per heavy atom. The van der Waals surface area contributed by atoms with Crippen molar-refractivity contribution in [3.05, 3.63) is 0 Å². The van der Waals surface area contributed by atoms with Crippen LogP contribution in [0.5, 0.6) is 0 Å². The predicted molar refractivity (Wildman–Crippen MR) is 49.4 cm³/mol. The maximum atomic E-state index is 11.4. The van der Waals surface area contributed by atoms with Gasteiger partial charge in [-0.25, -0.2) is 0 Å². The Hall–Kier alpha value is -0.220. The van der Waals surface area contributed by atoms with Crippen LogP contribution in [0.2, 0.25) is 0 Å². The average molecular weight is 186 g/mol. The molecule has 0 spiro atoms. The van der Waals surface area contributed by atoms with E-state index >= 15 is 0 Å². The second kappa shape index (κ2) is 2.92. The number of amides is 1. The molecule has 2 heterocycles. The zero-order valence-corrected chi connectivity index (χ0v) is 8.15. The highest BCUT2D eigenvalue weighted by Crippen LogP contribution is 2.35. The van der Waals surface area contributed by atoms with Crippen LogP contribution in [-0.2, 0) is 4.79 Å². The van der Waals surface area contributed by atoms with E-state index in [0.717, 1.165) is 6.42 Å². The molecule has 68 valence electrons. The summed E-state index contributed by atoms with van der Waals surface area (Å²) in [5, 5.41) is 3.72. The van der Waals surface area contributed by atoms with Gasteiger partial charge in [-0.1, -0.05) is 6.92 Å². The van der Waals surface area contributed by atoms with E-state index in [9.17, 15) is 4.79 Å². The van der Waals surface area contributed by atoms with Gasteiger partial charge >= 0.3 is 0 Å². The second-order valence-electron chi connectivity index (χ2n) is 3.81. The first kappa shape index (κ1) is 8.38. The summed E-state index contributed by atoms with van der Waals surface area (Å²) in [5.41, 5.74) is 0. The third-order valence-electron chi connectivity index (χ3n) is 2.70. The van der Waals surface area contributed by atoms with Gasteiger partial charge in [0.1, 0.15) is 0 Å². The van der Waals surface area contributed by atoms with Crippen LogP contribution in [0.25, 0.3) is 0 Å². The Kier molecular flexibility index (Phi) is 2.04. The lowest BCUT2D eigenvalue weighted by molar-refractivity contribution is -0.124. The summed E-state index contributed by atoms with van der Waals surface area (Å²) >= 11 is 1.53. The average Bonchev–Trinajstić information content (AvgIpc) is 2.31. The van der Waals surface area contributed by atoms with Crippen LogP contribution in [0.15, 0.2) is 0 Å². The van der Waals surface area contributed by atoms with Gasteiger partial charge in [0.2, 0.25) is 5.91 Å². The number of rotatable bonds is 0. The van der Waals surface area contributed by atoms with Crippen molar-refractivity contribution >= 4 is 17.9 Å². The van der Waals surface area contributed by atoms with Crippen molar-refractivity contribution in [2.24, 2.45) is 11.8 Å². The van der Waals surface area contributed by atoms with Crippen LogP contribution in [0.1, 0.15) is 20.3 Å². The van der Waals surface area contributed by atoms with E-state index < -0.39 is 0 Å². The zero-order valence-electron chi connectivity index (χ0n) is 7.33. The van der Waals surface area contributed by atoms with Crippen molar-refractivity contribution in [3.8, 4) is 0 Å². The van der Waals surface area contributed by atoms with Gasteiger partial charge in [0.05, 0.1) is 11.3 Å². The minimum atomic E-state index is 0.186. The van der Waals surface area contributed by atoms with Crippen molar-refractivity contribution < 1.29 is 4.79 Å². The van der Waals surface area contributed by atoms with Crippen molar-refractivity contribution in [3.63, 3.8) is 0 Å². The van der Waals surface area contributed by atoms with E-state index in [-0.39, 0.29) is 11.8 Å². The summed E-state index contributed by atoms with van der Waals surface area (Å²) in [6.07, 6.45) is 1.11. The van der Waals surface area contributed by atoms with Gasteiger partial charge in [-0.2, -0.15) is 0 Å². The smallest absolute Gasteiger partial charge is 0.235 e. The molecule has 3 nitrogen and oxygen atoms in total. The third-order valence-corrected chi connectivity index (χ3v) is 3.70. The molecule has 2 aliphatic rings. The topological polar surface area (TPSA) is 41.1 Å². The summed E-state index contributed by atoms with van der Waals surface area (Å²) in [6.45, 7) is 4.34. The van der Waals surface area contributed by atoms with E-state index in [2.05, 4.69) is 23.9 Å². The van der Waals surface area contributed by atoms with E-state index in [1.165, 1.54) is 11.9 Å². The highest BCUT2D eigenvalue weighted by molar-refractivity contribution is 7.99. The number of fused-ring (bicyclic) bond motifs is 1. The molecular weight excluding hydrogens is 172 g/mol. The van der Waals surface area contributed by atoms with Crippen molar-refractivity contribution in [1.82, 2.24) is 10.0 Å². The fourth-order valence-corrected chi connectivity index (χ4v) is 3.37. The van der Waals surface area contributed by atoms with Gasteiger partial charge in [-0.15, -0.1) is 0 Å². The van der Waals surface area contributed by atoms with Gasteiger partial charge in [0.25, 0.3) is 0 Å². The Balaban J connectivity index is 2.14. The number of hydrogen-bond acceptors (Lipinski definition) is 3. The van der Waals surface area contributed by atoms with Crippen molar-refractivity contribution in [2.75, 3.05) is 0 Å². The predicted octanol–water partition coefficient (Wildman–Crippen LogP) is 0.725. The molecule has 0 aromatic rings. The van der Waals surface area contributed by atoms with Crippen LogP contribution in [-0.4, -0.2) is 17.3 Å². The number of piperidine rings is 1. The van der Waals surface area contributed by atoms with Crippen molar-refractivity contribution in [1.29, 1.82) is 0 Å². The molecule has 0 bridgehead atoms. The number of carbonyl (C=O) groups excluding carboxylic acids is 1. The number of nitrogens with one attached hydrogen (secondary N) is 2. The molecule has 4 unspecified atom stereocenters. The monoisotopic (exact) mass is 186 g/mol. The van der Waals surface area contributed by atoms with Gasteiger partial charge in [0, 0.05) is 6.04 Å². The maximum absolute atomic E-state index is 11.4. The first-order chi connectivity index (χ1) is 5.68. The molecule has 0 aromatic heterocycles. The molecule has 12 heavy (non-hydrogen) atoms. The minimum Gasteiger partial charge on any atom is -0.301 e. The maximum Gasteiger partial charge on any atom is 0.235 e. The lowest BCUT2D eigenvalue weighted by Crippen LogP contribution is -2.47. The normalized spacial score (nSPS) is 47.0. The van der Waals surface area contributed by atoms with Crippen molar-refractivity contribution in [2.45, 2.75) is 31.7 Å². The molecule has 2 aliphatic heterocycles. The lowest BCUT2D eigenvalue weighted by atomic mass is 9.84. The minimum absolute atomic E-state index is 0.186. The summed E-state index contributed by atoms with van der Waals surface area (Å²) in [5.74, 6) is 0.907. The largest absolute Gasteiger partial charge is 0.301 e. The second-order valence-corrected chi connectivity index (χ2v) is 4.76. The summed E-state index contributed by atoms with van der Waals surface area (Å²) in [4.78, 5) is 11.4. The van der Waals surface area contributed by atoms with Crippen LogP contribution in [0, 0.1) is 11.8 Å². The van der Waals surface area contributed by atoms with E-state index in [4.69, 9.17) is 0 Å². The van der Waals surface area contributed by atoms with Gasteiger partial charge in [0.15, 0.2) is 0 Å². The van der Waals surface area contributed by atoms with Crippen LogP contribution < -0.4 is 10.0 Å². The summed E-state index contributed by atoms with van der Waals surface area (Å²) < 4.78 is 2.83. The van der Waals surface area contributed by atoms with Gasteiger partial charge in [-0.05, 0) is 31.2 Å². The van der Waals surface area contributed by atoms with E-state index in [1.807, 2.05) is 0 Å². The molecule has 2 rings (SSSR count). The zero-order chi connectivity index (χ0) is 8.72. The van der Waals surface area contributed by atoms with Crippen LogP contribution in [0.3, 0.4) is 0 Å². The fraction of sp³-hybridized carbons (Fsp3) is 0.875. The first-order valence-corrected chi connectivity index (χ1v) is 5.28. The number of hydrogen-bond donors (Lipinski definition) is 2. The fourth-order valence-electron chi connectivity index (χ4n) is 2.15. The molecule has 2 N–H and O–H groups in total. The quantitative estimate of drug-likeness (QED) is 0.548. The molecular formula is C8H14N2OS. The molecule has 0 saturated carbocycles. The molecule has 4 heteroatoms. The van der Waals surface area contributed by atoms with E-state index in [1.54, 1.807) is 0 Å². The first-order valence-electron chi connectivity index (χ1n) is 4.40. The summed E-state index contributed by atoms with van der Waals surface area (Å²) in [7, 11) is 0. The lowest BCUT2D eigenvalue weighted by Gasteiger charge is -2.33. The third kappa shape index (κ3) is 1.23. The van der Waals surface area contributed by atoms with Crippen LogP contribution >= 0.6 is 11.9 Å². The van der Waals surface area contributed by atoms with Gasteiger partial charge < -0.3 is 5.32 Å². The molecule has 1 amide bonds. The SMILES string of the molecule is CC1CC(C)C2C(=O)NSC2N1.